The first-order chi connectivity index (χ1) is 48.3. The number of para-hydroxylation sites is 2. The van der Waals surface area contributed by atoms with E-state index in [1.807, 2.05) is 6.07 Å². The number of rotatable bonds is 6. The Hall–Kier alpha value is -9.90. The summed E-state index contributed by atoms with van der Waals surface area (Å²) in [5, 5.41) is 2.35. The van der Waals surface area contributed by atoms with Gasteiger partial charge in [-0.15, -0.1) is 0 Å². The van der Waals surface area contributed by atoms with Gasteiger partial charge in [-0.25, -0.2) is 0 Å². The summed E-state index contributed by atoms with van der Waals surface area (Å²) in [6.07, 6.45) is 0. The first kappa shape index (κ1) is 56.3. The van der Waals surface area contributed by atoms with Gasteiger partial charge < -0.3 is 14.2 Å². The molecule has 0 N–H and O–H groups in total. The summed E-state index contributed by atoms with van der Waals surface area (Å²) in [7, 11) is 0. The number of benzene rings is 12. The van der Waals surface area contributed by atoms with Crippen molar-refractivity contribution in [2.75, 3.05) is 4.90 Å². The van der Waals surface area contributed by atoms with Crippen LogP contribution in [0.25, 0.3) is 72.0 Å². The summed E-state index contributed by atoms with van der Waals surface area (Å²) < 4.78 is 56.4. The van der Waals surface area contributed by atoms with Crippen LogP contribution in [0.15, 0.2) is 255 Å². The highest BCUT2D eigenvalue weighted by molar-refractivity contribution is 6.99. The van der Waals surface area contributed by atoms with E-state index in [2.05, 4.69) is 332 Å². The Labute approximate surface area is 582 Å². The van der Waals surface area contributed by atoms with Crippen molar-refractivity contribution in [3.05, 3.63) is 305 Å². The molecule has 0 unspecified atom stereocenters. The number of aromatic nitrogens is 1. The molecular formula is C93H87BN2O. The predicted octanol–water partition coefficient (Wildman–Crippen LogP) is 23.0. The van der Waals surface area contributed by atoms with Gasteiger partial charge in [-0.3, -0.25) is 0 Å². The molecule has 1 aromatic heterocycles. The van der Waals surface area contributed by atoms with Gasteiger partial charge in [-0.1, -0.05) is 297 Å². The molecular weight excluding hydrogens is 1170 g/mol. The summed E-state index contributed by atoms with van der Waals surface area (Å²) in [6, 6.07) is 82.1. The second-order valence-electron chi connectivity index (χ2n) is 32.6. The molecule has 16 rings (SSSR count). The quantitative estimate of drug-likeness (QED) is 0.154. The maximum Gasteiger partial charge on any atom is 0.247 e. The van der Waals surface area contributed by atoms with Crippen LogP contribution >= 0.6 is 0 Å². The van der Waals surface area contributed by atoms with Gasteiger partial charge in [-0.05, 0) is 177 Å². The molecule has 3 aliphatic rings. The van der Waals surface area contributed by atoms with Crippen molar-refractivity contribution in [3.63, 3.8) is 0 Å². The van der Waals surface area contributed by atoms with Crippen molar-refractivity contribution in [3.8, 4) is 61.7 Å². The van der Waals surface area contributed by atoms with E-state index in [1.54, 1.807) is 0 Å². The second kappa shape index (κ2) is 22.1. The Morgan fingerprint density at radius 1 is 0.351 bits per heavy atom. The third kappa shape index (κ3) is 10.1. The zero-order valence-electron chi connectivity index (χ0n) is 63.7. The molecule has 0 amide bonds. The summed E-state index contributed by atoms with van der Waals surface area (Å²) in [6.45, 7) is 34.0. The van der Waals surface area contributed by atoms with E-state index in [-0.39, 0.29) is 56.8 Å². The van der Waals surface area contributed by atoms with E-state index in [1.165, 1.54) is 38.6 Å². The maximum absolute atomic E-state index is 9.71. The third-order valence-corrected chi connectivity index (χ3v) is 21.1. The van der Waals surface area contributed by atoms with Gasteiger partial charge in [0, 0.05) is 50.1 Å². The number of fused-ring (bicyclic) bond motifs is 13. The smallest absolute Gasteiger partial charge is 0.247 e. The first-order valence-corrected chi connectivity index (χ1v) is 34.6. The van der Waals surface area contributed by atoms with Crippen molar-refractivity contribution >= 4 is 62.0 Å². The van der Waals surface area contributed by atoms with E-state index in [9.17, 15) is 5.48 Å². The van der Waals surface area contributed by atoms with E-state index in [0.29, 0.717) is 5.56 Å². The van der Waals surface area contributed by atoms with E-state index < -0.39 is 18.2 Å². The highest BCUT2D eigenvalue weighted by atomic mass is 16.5. The molecule has 97 heavy (non-hydrogen) atoms. The van der Waals surface area contributed by atoms with Crippen LogP contribution in [0.5, 0.6) is 11.5 Å². The van der Waals surface area contributed by atoms with Crippen LogP contribution in [-0.4, -0.2) is 11.3 Å². The van der Waals surface area contributed by atoms with Crippen LogP contribution in [0.4, 0.5) is 17.1 Å². The second-order valence-corrected chi connectivity index (χ2v) is 32.6. The Balaban J connectivity index is 1.16. The van der Waals surface area contributed by atoms with Gasteiger partial charge in [0.25, 0.3) is 0 Å². The fourth-order valence-electron chi connectivity index (χ4n) is 15.9. The summed E-state index contributed by atoms with van der Waals surface area (Å²) >= 11 is 0. The van der Waals surface area contributed by atoms with Crippen LogP contribution in [0.1, 0.15) is 161 Å². The minimum Gasteiger partial charge on any atom is -0.457 e. The number of ether oxygens (including phenoxy) is 1. The topological polar surface area (TPSA) is 17.4 Å². The highest BCUT2D eigenvalue weighted by Gasteiger charge is 2.55. The molecule has 3 aliphatic heterocycles. The Bertz CT molecular complexity index is 5420. The minimum atomic E-state index is -1.02. The summed E-state index contributed by atoms with van der Waals surface area (Å²) in [4.78, 5) is 2.52. The lowest BCUT2D eigenvalue weighted by atomic mass is 9.29. The van der Waals surface area contributed by atoms with Gasteiger partial charge in [0.1, 0.15) is 11.5 Å². The number of hydrogen-bond acceptors (Lipinski definition) is 2. The average Bonchev–Trinajstić information content (AvgIpc) is 0.690. The fourth-order valence-corrected chi connectivity index (χ4v) is 15.9. The number of nitrogens with zero attached hydrogens (tertiary/aromatic N) is 2. The van der Waals surface area contributed by atoms with Crippen LogP contribution in [0.2, 0.25) is 0 Å². The SMILES string of the molecule is [2H]c1c([2H])c([2H])c(-c2ccc3c(c2)N(c2c(-c4ccccc4)cc(C(C)(C)C)cc2-c2ccccc2)c2cc(-n4c5ccc(C(C)(C)C)cc5c5cc(C(C)(C)C)ccc54)cc4c2B3c2cc(-c3cc(C(C)(C)C)cc(C(C)(C)C)c3)ccc2C42c3ccccc3Oc3ccccc32)c([2H])c1[2H]. The molecule has 0 aliphatic carbocycles. The fraction of sp³-hybridized carbons (Fsp3) is 0.226. The van der Waals surface area contributed by atoms with Gasteiger partial charge in [-0.2, -0.15) is 0 Å². The van der Waals surface area contributed by atoms with E-state index in [0.717, 1.165) is 117 Å². The van der Waals surface area contributed by atoms with Crippen molar-refractivity contribution < 1.29 is 11.6 Å². The van der Waals surface area contributed by atoms with Gasteiger partial charge in [0.2, 0.25) is 6.71 Å². The Morgan fingerprint density at radius 3 is 1.36 bits per heavy atom. The van der Waals surface area contributed by atoms with E-state index >= 15 is 0 Å². The monoisotopic (exact) mass is 1260 g/mol. The molecule has 0 radical (unpaired) electrons. The van der Waals surface area contributed by atoms with Crippen LogP contribution < -0.4 is 26.0 Å². The van der Waals surface area contributed by atoms with Crippen LogP contribution in [0, 0.1) is 0 Å². The lowest BCUT2D eigenvalue weighted by Gasteiger charge is -2.50. The molecule has 0 atom stereocenters. The van der Waals surface area contributed by atoms with Gasteiger partial charge in [0.05, 0.1) is 29.0 Å². The van der Waals surface area contributed by atoms with Crippen LogP contribution in [0.3, 0.4) is 0 Å². The molecule has 12 aromatic carbocycles. The van der Waals surface area contributed by atoms with Crippen LogP contribution in [-0.2, 0) is 32.5 Å². The number of anilines is 3. The van der Waals surface area contributed by atoms with Crippen molar-refractivity contribution in [1.29, 1.82) is 0 Å². The highest BCUT2D eigenvalue weighted by Crippen LogP contribution is 2.59. The normalized spacial score (nSPS) is 14.8. The minimum absolute atomic E-state index is 0.139. The molecule has 4 heteroatoms. The van der Waals surface area contributed by atoms with Crippen molar-refractivity contribution in [2.24, 2.45) is 0 Å². The first-order valence-electron chi connectivity index (χ1n) is 37.1. The molecule has 4 heterocycles. The number of hydrogen-bond donors (Lipinski definition) is 0. The van der Waals surface area contributed by atoms with Gasteiger partial charge in [0.15, 0.2) is 0 Å². The standard InChI is InChI=1S/C93H87BN2O/c1-88(2,3)64-41-45-80-72(52-64)73-53-65(89(4,5)6)42-46-81(73)95(80)69-56-77-86-83(57-69)96(87-70(59-31-21-17-22-32-59)54-68(92(13,14)15)55-71(87)60-33-23-18-24-34-60)82-50-62(58-29-19-16-20-30-58)40-44-78(82)94(86)79-49-61(63-47-66(90(7,8)9)51-67(48-63)91(10,11)12)39-43-74(79)93(77)75-35-25-27-37-84(75)97-85-38-28-26-36-76(85)93/h16-57H,1-15H3/i16D,19D,20D,29D,30D. The third-order valence-electron chi connectivity index (χ3n) is 21.1. The van der Waals surface area contributed by atoms with E-state index in [4.69, 9.17) is 6.11 Å². The zero-order valence-corrected chi connectivity index (χ0v) is 58.7. The van der Waals surface area contributed by atoms with Crippen molar-refractivity contribution in [2.45, 2.75) is 136 Å². The summed E-state index contributed by atoms with van der Waals surface area (Å²) in [5.41, 5.74) is 24.7. The molecule has 0 saturated heterocycles. The lowest BCUT2D eigenvalue weighted by molar-refractivity contribution is 0.435. The Morgan fingerprint density at radius 2 is 0.835 bits per heavy atom. The zero-order chi connectivity index (χ0) is 71.8. The maximum atomic E-state index is 9.71. The molecule has 478 valence electrons. The molecule has 0 bridgehead atoms. The Kier molecular flexibility index (Phi) is 12.8. The summed E-state index contributed by atoms with van der Waals surface area (Å²) in [5.74, 6) is 1.56. The molecule has 0 saturated carbocycles. The molecule has 0 fully saturated rings. The molecule has 13 aromatic rings. The largest absolute Gasteiger partial charge is 0.457 e. The average molecular weight is 1260 g/mol. The van der Waals surface area contributed by atoms with Gasteiger partial charge >= 0.3 is 0 Å². The predicted molar refractivity (Wildman–Crippen MR) is 414 cm³/mol. The lowest BCUT2D eigenvalue weighted by Crippen LogP contribution is -2.65. The molecule has 1 spiro atoms. The molecule has 3 nitrogen and oxygen atoms in total. The van der Waals surface area contributed by atoms with Crippen molar-refractivity contribution in [1.82, 2.24) is 4.57 Å².